The summed E-state index contributed by atoms with van der Waals surface area (Å²) in [6.07, 6.45) is 8.70. The lowest BCUT2D eigenvalue weighted by atomic mass is 10.0. The third kappa shape index (κ3) is 7.90. The van der Waals surface area contributed by atoms with Gasteiger partial charge < -0.3 is 9.80 Å². The number of amides is 2. The van der Waals surface area contributed by atoms with Crippen LogP contribution in [0.5, 0.6) is 0 Å². The first-order valence-electron chi connectivity index (χ1n) is 17.7. The topological polar surface area (TPSA) is 110 Å². The van der Waals surface area contributed by atoms with E-state index < -0.39 is 0 Å². The molecule has 0 radical (unpaired) electrons. The van der Waals surface area contributed by atoms with Crippen molar-refractivity contribution >= 4 is 57.1 Å². The molecule has 2 aliphatic heterocycles. The first-order chi connectivity index (χ1) is 23.9. The number of carbonyl (C=O) groups excluding carboxylic acids is 2. The van der Waals surface area contributed by atoms with Gasteiger partial charge in [-0.1, -0.05) is 61.6 Å². The van der Waals surface area contributed by atoms with E-state index in [0.717, 1.165) is 64.5 Å². The molecule has 0 N–H and O–H groups in total. The van der Waals surface area contributed by atoms with Gasteiger partial charge in [0.25, 0.3) is 11.1 Å². The van der Waals surface area contributed by atoms with Crippen molar-refractivity contribution in [1.82, 2.24) is 28.9 Å². The van der Waals surface area contributed by atoms with Gasteiger partial charge in [-0.2, -0.15) is 0 Å². The van der Waals surface area contributed by atoms with Crippen LogP contribution in [-0.4, -0.2) is 77.4 Å². The Morgan fingerprint density at radius 2 is 1.10 bits per heavy atom. The van der Waals surface area contributed by atoms with Gasteiger partial charge in [0.15, 0.2) is 10.3 Å². The number of hydrogen-bond donors (Lipinski definition) is 0. The number of aromatic nitrogens is 4. The van der Waals surface area contributed by atoms with Crippen LogP contribution in [0.2, 0.25) is 0 Å². The summed E-state index contributed by atoms with van der Waals surface area (Å²) in [4.78, 5) is 68.0. The molecule has 4 aromatic rings. The van der Waals surface area contributed by atoms with Gasteiger partial charge in [0.05, 0.1) is 33.3 Å². The average molecular weight is 703 g/mol. The maximum atomic E-state index is 13.8. The quantitative estimate of drug-likeness (QED) is 0.131. The molecule has 12 heteroatoms. The lowest BCUT2D eigenvalue weighted by Crippen LogP contribution is -2.44. The molecule has 2 aromatic heterocycles. The number of nitrogens with zero attached hydrogens (tertiary/aromatic N) is 6. The maximum Gasteiger partial charge on any atom is 0.262 e. The SMILES string of the molecule is CC[C@@H]1CCCCN1C(=O)CSc1nc2ccccc2c(=O)n1CCCn1c(SCC(=O)N2CCCC[C@@H]2CC)nc2ccccc2c1=O. The fraction of sp³-hybridized carbons (Fsp3) is 0.514. The Morgan fingerprint density at radius 1 is 0.673 bits per heavy atom. The minimum Gasteiger partial charge on any atom is -0.339 e. The molecule has 0 spiro atoms. The van der Waals surface area contributed by atoms with E-state index in [2.05, 4.69) is 13.8 Å². The Balaban J connectivity index is 1.23. The van der Waals surface area contributed by atoms with E-state index in [1.807, 2.05) is 46.2 Å². The molecule has 6 rings (SSSR count). The Hall–Kier alpha value is -3.64. The first kappa shape index (κ1) is 35.2. The van der Waals surface area contributed by atoms with Crippen LogP contribution in [0.1, 0.15) is 71.6 Å². The average Bonchev–Trinajstić information content (AvgIpc) is 3.14. The number of carbonyl (C=O) groups is 2. The molecule has 2 atom stereocenters. The number of rotatable bonds is 12. The zero-order valence-corrected chi connectivity index (χ0v) is 30.1. The minimum absolute atomic E-state index is 0.0744. The maximum absolute atomic E-state index is 13.8. The van der Waals surface area contributed by atoms with E-state index in [1.165, 1.54) is 23.5 Å². The number of para-hydroxylation sites is 2. The first-order valence-corrected chi connectivity index (χ1v) is 19.7. The molecule has 260 valence electrons. The van der Waals surface area contributed by atoms with Crippen LogP contribution in [0.15, 0.2) is 68.4 Å². The zero-order valence-electron chi connectivity index (χ0n) is 28.5. The van der Waals surface area contributed by atoms with Crippen molar-refractivity contribution in [2.45, 2.75) is 107 Å². The molecule has 0 saturated carbocycles. The van der Waals surface area contributed by atoms with Crippen LogP contribution in [-0.2, 0) is 22.7 Å². The van der Waals surface area contributed by atoms with E-state index in [-0.39, 0.29) is 46.5 Å². The molecular weight excluding hydrogens is 657 g/mol. The zero-order chi connectivity index (χ0) is 34.3. The summed E-state index contributed by atoms with van der Waals surface area (Å²) >= 11 is 2.61. The van der Waals surface area contributed by atoms with E-state index in [4.69, 9.17) is 9.97 Å². The molecular formula is C37H46N6O4S2. The molecule has 2 amide bonds. The Kier molecular flexibility index (Phi) is 11.8. The second-order valence-electron chi connectivity index (χ2n) is 13.0. The van der Waals surface area contributed by atoms with Crippen LogP contribution >= 0.6 is 23.5 Å². The summed E-state index contributed by atoms with van der Waals surface area (Å²) in [5, 5.41) is 2.03. The highest BCUT2D eigenvalue weighted by molar-refractivity contribution is 8.00. The van der Waals surface area contributed by atoms with Crippen LogP contribution in [0.3, 0.4) is 0 Å². The minimum atomic E-state index is -0.166. The Bertz CT molecular complexity index is 1790. The number of thioether (sulfide) groups is 2. The molecule has 49 heavy (non-hydrogen) atoms. The van der Waals surface area contributed by atoms with Crippen molar-refractivity contribution in [2.75, 3.05) is 24.6 Å². The summed E-state index contributed by atoms with van der Waals surface area (Å²) in [5.41, 5.74) is 0.864. The second-order valence-corrected chi connectivity index (χ2v) is 14.8. The van der Waals surface area contributed by atoms with Crippen molar-refractivity contribution in [1.29, 1.82) is 0 Å². The summed E-state index contributed by atoms with van der Waals surface area (Å²) in [6.45, 7) is 6.41. The molecule has 10 nitrogen and oxygen atoms in total. The van der Waals surface area contributed by atoms with Crippen molar-refractivity contribution < 1.29 is 9.59 Å². The third-order valence-corrected chi connectivity index (χ3v) is 11.8. The van der Waals surface area contributed by atoms with E-state index in [0.29, 0.717) is 51.6 Å². The summed E-state index contributed by atoms with van der Waals surface area (Å²) in [7, 11) is 0. The predicted octanol–water partition coefficient (Wildman–Crippen LogP) is 5.96. The number of likely N-dealkylation sites (tertiary alicyclic amines) is 2. The smallest absolute Gasteiger partial charge is 0.262 e. The molecule has 2 aromatic carbocycles. The largest absolute Gasteiger partial charge is 0.339 e. The van der Waals surface area contributed by atoms with Gasteiger partial charge in [-0.25, -0.2) is 9.97 Å². The van der Waals surface area contributed by atoms with Crippen molar-refractivity contribution in [2.24, 2.45) is 0 Å². The van der Waals surface area contributed by atoms with Gasteiger partial charge >= 0.3 is 0 Å². The van der Waals surface area contributed by atoms with Gasteiger partial charge in [0.2, 0.25) is 11.8 Å². The number of fused-ring (bicyclic) bond motifs is 2. The predicted molar refractivity (Wildman–Crippen MR) is 197 cm³/mol. The van der Waals surface area contributed by atoms with E-state index in [9.17, 15) is 19.2 Å². The van der Waals surface area contributed by atoms with Crippen molar-refractivity contribution in [3.05, 3.63) is 69.2 Å². The van der Waals surface area contributed by atoms with E-state index >= 15 is 0 Å². The highest BCUT2D eigenvalue weighted by Crippen LogP contribution is 2.25. The lowest BCUT2D eigenvalue weighted by molar-refractivity contribution is -0.132. The molecule has 0 unspecified atom stereocenters. The Morgan fingerprint density at radius 3 is 1.53 bits per heavy atom. The van der Waals surface area contributed by atoms with Gasteiger partial charge in [-0.05, 0) is 82.1 Å². The molecule has 2 fully saturated rings. The third-order valence-electron chi connectivity index (χ3n) is 9.90. The van der Waals surface area contributed by atoms with Crippen LogP contribution in [0, 0.1) is 0 Å². The van der Waals surface area contributed by atoms with Crippen molar-refractivity contribution in [3.8, 4) is 0 Å². The number of benzene rings is 2. The van der Waals surface area contributed by atoms with Crippen molar-refractivity contribution in [3.63, 3.8) is 0 Å². The van der Waals surface area contributed by atoms with Crippen LogP contribution < -0.4 is 11.1 Å². The van der Waals surface area contributed by atoms with Gasteiger partial charge in [0.1, 0.15) is 0 Å². The highest BCUT2D eigenvalue weighted by atomic mass is 32.2. The highest BCUT2D eigenvalue weighted by Gasteiger charge is 2.27. The fourth-order valence-corrected chi connectivity index (χ4v) is 9.04. The fourth-order valence-electron chi connectivity index (χ4n) is 7.22. The molecule has 0 aliphatic carbocycles. The summed E-state index contributed by atoms with van der Waals surface area (Å²) < 4.78 is 3.29. The molecule has 2 aliphatic rings. The normalized spacial score (nSPS) is 18.3. The van der Waals surface area contributed by atoms with E-state index in [1.54, 1.807) is 21.3 Å². The molecule has 2 saturated heterocycles. The summed E-state index contributed by atoms with van der Waals surface area (Å²) in [5.74, 6) is 0.566. The molecule has 0 bridgehead atoms. The Labute approximate surface area is 295 Å². The second kappa shape index (κ2) is 16.4. The molecule has 4 heterocycles. The van der Waals surface area contributed by atoms with Crippen LogP contribution in [0.25, 0.3) is 21.8 Å². The van der Waals surface area contributed by atoms with Gasteiger partial charge in [0, 0.05) is 38.3 Å². The summed E-state index contributed by atoms with van der Waals surface area (Å²) in [6, 6.07) is 15.1. The van der Waals surface area contributed by atoms with Gasteiger partial charge in [-0.15, -0.1) is 0 Å². The monoisotopic (exact) mass is 702 g/mol. The van der Waals surface area contributed by atoms with Crippen LogP contribution in [0.4, 0.5) is 0 Å². The standard InChI is InChI=1S/C37H46N6O4S2/c1-3-26-14-9-11-20-40(26)32(44)24-48-36-38-30-18-7-5-16-28(30)34(46)42(36)22-13-23-43-35(47)29-17-6-8-19-31(29)39-37(43)49-25-33(45)41-21-12-10-15-27(41)4-2/h5-8,16-19,26-27H,3-4,9-15,20-25H2,1-2H3/t26-,27+. The number of hydrogen-bond acceptors (Lipinski definition) is 8. The van der Waals surface area contributed by atoms with Gasteiger partial charge in [-0.3, -0.25) is 28.3 Å². The lowest BCUT2D eigenvalue weighted by Gasteiger charge is -2.35. The number of piperidine rings is 2.